The Bertz CT molecular complexity index is 513. The van der Waals surface area contributed by atoms with Gasteiger partial charge in [-0.25, -0.2) is 0 Å². The highest BCUT2D eigenvalue weighted by molar-refractivity contribution is 5.87. The molecule has 2 rings (SSSR count). The normalized spacial score (nSPS) is 25.6. The zero-order valence-corrected chi connectivity index (χ0v) is 11.9. The molecular weight excluding hydrogens is 258 g/mol. The first-order chi connectivity index (χ1) is 9.47. The first-order valence-electron chi connectivity index (χ1n) is 6.66. The van der Waals surface area contributed by atoms with Crippen molar-refractivity contribution >= 4 is 11.4 Å². The molecule has 108 valence electrons. The summed E-state index contributed by atoms with van der Waals surface area (Å²) in [6.07, 6.45) is 0.880. The van der Waals surface area contributed by atoms with Crippen LogP contribution >= 0.6 is 0 Å². The third-order valence-electron chi connectivity index (χ3n) is 3.70. The Labute approximate surface area is 118 Å². The van der Waals surface area contributed by atoms with Crippen molar-refractivity contribution in [1.82, 2.24) is 4.90 Å². The predicted octanol–water partition coefficient (Wildman–Crippen LogP) is 2.69. The van der Waals surface area contributed by atoms with Crippen LogP contribution in [0.1, 0.15) is 20.3 Å². The van der Waals surface area contributed by atoms with E-state index in [0.29, 0.717) is 17.7 Å². The van der Waals surface area contributed by atoms with Gasteiger partial charge in [0.25, 0.3) is 5.69 Å². The second-order valence-corrected chi connectivity index (χ2v) is 5.32. The van der Waals surface area contributed by atoms with Gasteiger partial charge in [-0.2, -0.15) is 0 Å². The van der Waals surface area contributed by atoms with E-state index in [2.05, 4.69) is 31.0 Å². The minimum Gasteiger partial charge on any atom is -0.357 e. The summed E-state index contributed by atoms with van der Waals surface area (Å²) < 4.78 is 0. The fraction of sp³-hybridized carbons (Fsp3) is 0.500. The fourth-order valence-corrected chi connectivity index (χ4v) is 2.24. The van der Waals surface area contributed by atoms with Crippen molar-refractivity contribution in [2.24, 2.45) is 11.1 Å². The smallest absolute Gasteiger partial charge is 0.269 e. The van der Waals surface area contributed by atoms with Crippen LogP contribution in [0.2, 0.25) is 0 Å². The first kappa shape index (κ1) is 14.5. The Morgan fingerprint density at radius 3 is 2.60 bits per heavy atom. The zero-order valence-electron chi connectivity index (χ0n) is 11.9. The van der Waals surface area contributed by atoms with E-state index in [9.17, 15) is 10.1 Å². The van der Waals surface area contributed by atoms with Gasteiger partial charge >= 0.3 is 0 Å². The monoisotopic (exact) mass is 277 g/mol. The quantitative estimate of drug-likeness (QED) is 0.629. The molecular formula is C14H19N3O3. The number of rotatable bonds is 3. The Balaban J connectivity index is 2.03. The number of nitro groups is 1. The molecule has 20 heavy (non-hydrogen) atoms. The highest BCUT2D eigenvalue weighted by Crippen LogP contribution is 2.21. The molecule has 1 fully saturated rings. The Hall–Kier alpha value is -1.95. The van der Waals surface area contributed by atoms with E-state index in [1.54, 1.807) is 12.1 Å². The summed E-state index contributed by atoms with van der Waals surface area (Å²) in [7, 11) is 2.11. The van der Waals surface area contributed by atoms with Gasteiger partial charge in [-0.05, 0) is 26.1 Å². The van der Waals surface area contributed by atoms with Crippen molar-refractivity contribution in [2.45, 2.75) is 26.3 Å². The molecule has 0 saturated carbocycles. The summed E-state index contributed by atoms with van der Waals surface area (Å²) in [5.74, 6) is 0.871. The molecule has 1 aromatic carbocycles. The minimum atomic E-state index is -0.434. The van der Waals surface area contributed by atoms with Crippen molar-refractivity contribution in [3.8, 4) is 5.75 Å². The highest BCUT2D eigenvalue weighted by Gasteiger charge is 2.25. The van der Waals surface area contributed by atoms with Crippen LogP contribution < -0.4 is 4.84 Å². The van der Waals surface area contributed by atoms with Crippen LogP contribution in [0.15, 0.2) is 29.4 Å². The van der Waals surface area contributed by atoms with Gasteiger partial charge < -0.3 is 9.74 Å². The number of oxime groups is 1. The fourth-order valence-electron chi connectivity index (χ4n) is 2.24. The SMILES string of the molecule is C[C@@H]1CC(=NOc2ccc([N+](=O)[O-])cc2)[C@@H](C)CN1C. The molecule has 0 radical (unpaired) electrons. The van der Waals surface area contributed by atoms with Crippen LogP contribution in [0.4, 0.5) is 5.69 Å². The Morgan fingerprint density at radius 2 is 2.00 bits per heavy atom. The average Bonchev–Trinajstić information content (AvgIpc) is 2.42. The molecule has 1 aromatic rings. The zero-order chi connectivity index (χ0) is 14.7. The minimum absolute atomic E-state index is 0.0475. The van der Waals surface area contributed by atoms with Gasteiger partial charge in [0.1, 0.15) is 0 Å². The van der Waals surface area contributed by atoms with Gasteiger partial charge in [0.15, 0.2) is 5.75 Å². The topological polar surface area (TPSA) is 68.0 Å². The van der Waals surface area contributed by atoms with Gasteiger partial charge in [0.05, 0.1) is 10.6 Å². The number of non-ortho nitro benzene ring substituents is 1. The van der Waals surface area contributed by atoms with E-state index in [1.807, 2.05) is 0 Å². The highest BCUT2D eigenvalue weighted by atomic mass is 16.6. The lowest BCUT2D eigenvalue weighted by Gasteiger charge is -2.34. The number of nitrogens with zero attached hydrogens (tertiary/aromatic N) is 3. The Kier molecular flexibility index (Phi) is 4.34. The summed E-state index contributed by atoms with van der Waals surface area (Å²) in [6, 6.07) is 6.40. The lowest BCUT2D eigenvalue weighted by Crippen LogP contribution is -2.43. The molecule has 0 aliphatic carbocycles. The lowest BCUT2D eigenvalue weighted by molar-refractivity contribution is -0.384. The van der Waals surface area contributed by atoms with Crippen LogP contribution in [0, 0.1) is 16.0 Å². The average molecular weight is 277 g/mol. The van der Waals surface area contributed by atoms with Crippen LogP contribution in [0.3, 0.4) is 0 Å². The molecule has 0 unspecified atom stereocenters. The van der Waals surface area contributed by atoms with Gasteiger partial charge in [-0.15, -0.1) is 0 Å². The van der Waals surface area contributed by atoms with E-state index >= 15 is 0 Å². The Morgan fingerprint density at radius 1 is 1.35 bits per heavy atom. The van der Waals surface area contributed by atoms with Crippen molar-refractivity contribution in [1.29, 1.82) is 0 Å². The van der Waals surface area contributed by atoms with Crippen molar-refractivity contribution < 1.29 is 9.76 Å². The van der Waals surface area contributed by atoms with Crippen LogP contribution in [0.5, 0.6) is 5.75 Å². The maximum atomic E-state index is 10.6. The molecule has 1 aliphatic heterocycles. The summed E-state index contributed by atoms with van der Waals surface area (Å²) >= 11 is 0. The molecule has 1 aliphatic rings. The number of hydrogen-bond acceptors (Lipinski definition) is 5. The second kappa shape index (κ2) is 6.00. The summed E-state index contributed by atoms with van der Waals surface area (Å²) in [6.45, 7) is 5.25. The van der Waals surface area contributed by atoms with E-state index < -0.39 is 4.92 Å². The van der Waals surface area contributed by atoms with Crippen molar-refractivity contribution in [2.75, 3.05) is 13.6 Å². The van der Waals surface area contributed by atoms with Crippen LogP contribution in [-0.4, -0.2) is 35.2 Å². The molecule has 2 atom stereocenters. The maximum Gasteiger partial charge on any atom is 0.269 e. The maximum absolute atomic E-state index is 10.6. The largest absolute Gasteiger partial charge is 0.357 e. The first-order valence-corrected chi connectivity index (χ1v) is 6.66. The summed E-state index contributed by atoms with van der Waals surface area (Å²) in [5, 5.41) is 14.8. The van der Waals surface area contributed by atoms with Gasteiger partial charge in [0, 0.05) is 37.1 Å². The van der Waals surface area contributed by atoms with Gasteiger partial charge in [-0.3, -0.25) is 10.1 Å². The second-order valence-electron chi connectivity index (χ2n) is 5.32. The molecule has 0 bridgehead atoms. The van der Waals surface area contributed by atoms with Crippen LogP contribution in [-0.2, 0) is 0 Å². The van der Waals surface area contributed by atoms with E-state index in [1.165, 1.54) is 12.1 Å². The van der Waals surface area contributed by atoms with E-state index in [0.717, 1.165) is 18.7 Å². The molecule has 0 aromatic heterocycles. The van der Waals surface area contributed by atoms with Crippen molar-refractivity contribution in [3.05, 3.63) is 34.4 Å². The number of benzene rings is 1. The molecule has 6 heteroatoms. The summed E-state index contributed by atoms with van der Waals surface area (Å²) in [5.41, 5.74) is 1.08. The lowest BCUT2D eigenvalue weighted by atomic mass is 9.93. The number of likely N-dealkylation sites (tertiary alicyclic amines) is 1. The molecule has 0 amide bonds. The third kappa shape index (κ3) is 3.33. The molecule has 1 saturated heterocycles. The van der Waals surface area contributed by atoms with Gasteiger partial charge in [0.2, 0.25) is 0 Å². The van der Waals surface area contributed by atoms with Gasteiger partial charge in [-0.1, -0.05) is 12.1 Å². The number of nitro benzene ring substituents is 1. The van der Waals surface area contributed by atoms with Crippen LogP contribution in [0.25, 0.3) is 0 Å². The summed E-state index contributed by atoms with van der Waals surface area (Å²) in [4.78, 5) is 17.8. The van der Waals surface area contributed by atoms with E-state index in [4.69, 9.17) is 4.84 Å². The predicted molar refractivity (Wildman–Crippen MR) is 77.0 cm³/mol. The van der Waals surface area contributed by atoms with Crippen molar-refractivity contribution in [3.63, 3.8) is 0 Å². The standard InChI is InChI=1S/C14H19N3O3/c1-10-9-16(3)11(2)8-14(10)15-20-13-6-4-12(5-7-13)17(18)19/h4-7,10-11H,8-9H2,1-3H3/t10-,11+/m0/s1. The molecule has 0 spiro atoms. The molecule has 0 N–H and O–H groups in total. The molecule has 6 nitrogen and oxygen atoms in total. The third-order valence-corrected chi connectivity index (χ3v) is 3.70. The van der Waals surface area contributed by atoms with E-state index in [-0.39, 0.29) is 5.69 Å². The molecule has 1 heterocycles. The number of hydrogen-bond donors (Lipinski definition) is 0. The number of piperidine rings is 1.